The van der Waals surface area contributed by atoms with Gasteiger partial charge in [-0.05, 0) is 48.6 Å². The van der Waals surface area contributed by atoms with Crippen LogP contribution in [0.3, 0.4) is 0 Å². The average Bonchev–Trinajstić information content (AvgIpc) is 3.47. The highest BCUT2D eigenvalue weighted by Gasteiger charge is 2.27. The Labute approximate surface area is 205 Å². The Balaban J connectivity index is 1.18. The summed E-state index contributed by atoms with van der Waals surface area (Å²) < 4.78 is 1.68. The van der Waals surface area contributed by atoms with Gasteiger partial charge in [0.1, 0.15) is 0 Å². The Morgan fingerprint density at radius 1 is 0.914 bits per heavy atom. The summed E-state index contributed by atoms with van der Waals surface area (Å²) in [7, 11) is 0. The third-order valence-electron chi connectivity index (χ3n) is 6.63. The summed E-state index contributed by atoms with van der Waals surface area (Å²) in [5, 5.41) is 16.1. The van der Waals surface area contributed by atoms with Crippen LogP contribution in [0, 0.1) is 5.92 Å². The lowest BCUT2D eigenvalue weighted by atomic mass is 9.88. The van der Waals surface area contributed by atoms with E-state index in [2.05, 4.69) is 74.0 Å². The van der Waals surface area contributed by atoms with Crippen LogP contribution < -0.4 is 10.2 Å². The zero-order chi connectivity index (χ0) is 23.9. The summed E-state index contributed by atoms with van der Waals surface area (Å²) in [6, 6.07) is 26.7. The summed E-state index contributed by atoms with van der Waals surface area (Å²) in [6.45, 7) is 2.17. The molecule has 7 heteroatoms. The van der Waals surface area contributed by atoms with Crippen LogP contribution in [0.15, 0.2) is 91.3 Å². The van der Waals surface area contributed by atoms with Crippen molar-refractivity contribution >= 4 is 11.7 Å². The molecule has 1 aliphatic rings. The molecule has 2 aromatic carbocycles. The van der Waals surface area contributed by atoms with Gasteiger partial charge in [0.05, 0.1) is 5.92 Å². The fraction of sp³-hybridized carbons (Fsp3) is 0.286. The number of anilines is 1. The third kappa shape index (κ3) is 5.57. The molecular formula is C28H30N6O. The second kappa shape index (κ2) is 11.0. The fourth-order valence-electron chi connectivity index (χ4n) is 4.79. The Morgan fingerprint density at radius 2 is 1.60 bits per heavy atom. The molecule has 1 unspecified atom stereocenters. The van der Waals surface area contributed by atoms with Gasteiger partial charge in [0.2, 0.25) is 5.91 Å². The molecule has 2 aromatic heterocycles. The van der Waals surface area contributed by atoms with E-state index < -0.39 is 0 Å². The number of amides is 1. The van der Waals surface area contributed by atoms with Crippen molar-refractivity contribution in [2.75, 3.05) is 24.5 Å². The summed E-state index contributed by atoms with van der Waals surface area (Å²) >= 11 is 0. The molecule has 0 bridgehead atoms. The summed E-state index contributed by atoms with van der Waals surface area (Å²) in [5.41, 5.74) is 2.54. The monoisotopic (exact) mass is 466 g/mol. The van der Waals surface area contributed by atoms with Gasteiger partial charge in [-0.3, -0.25) is 4.79 Å². The molecule has 1 N–H and O–H groups in total. The van der Waals surface area contributed by atoms with Crippen LogP contribution in [-0.4, -0.2) is 45.5 Å². The summed E-state index contributed by atoms with van der Waals surface area (Å²) in [4.78, 5) is 15.2. The van der Waals surface area contributed by atoms with Crippen LogP contribution >= 0.6 is 0 Å². The highest BCUT2D eigenvalue weighted by Crippen LogP contribution is 2.28. The Morgan fingerprint density at radius 3 is 2.23 bits per heavy atom. The fourth-order valence-corrected chi connectivity index (χ4v) is 4.79. The second-order valence-corrected chi connectivity index (χ2v) is 8.94. The van der Waals surface area contributed by atoms with Crippen molar-refractivity contribution < 1.29 is 4.79 Å². The van der Waals surface area contributed by atoms with Gasteiger partial charge in [-0.15, -0.1) is 10.2 Å². The van der Waals surface area contributed by atoms with E-state index in [1.807, 2.05) is 36.5 Å². The van der Waals surface area contributed by atoms with E-state index in [1.165, 1.54) is 11.1 Å². The lowest BCUT2D eigenvalue weighted by Crippen LogP contribution is -2.43. The van der Waals surface area contributed by atoms with Gasteiger partial charge in [-0.25, -0.2) is 4.68 Å². The molecule has 7 nitrogen and oxygen atoms in total. The van der Waals surface area contributed by atoms with Crippen molar-refractivity contribution in [3.63, 3.8) is 0 Å². The molecule has 4 aromatic rings. The van der Waals surface area contributed by atoms with Crippen LogP contribution in [0.4, 0.5) is 5.82 Å². The molecule has 0 spiro atoms. The van der Waals surface area contributed by atoms with E-state index in [4.69, 9.17) is 0 Å². The molecular weight excluding hydrogens is 436 g/mol. The minimum atomic E-state index is -0.0526. The van der Waals surface area contributed by atoms with E-state index in [-0.39, 0.29) is 17.7 Å². The smallest absolute Gasteiger partial charge is 0.224 e. The van der Waals surface area contributed by atoms with Crippen molar-refractivity contribution in [1.29, 1.82) is 0 Å². The lowest BCUT2D eigenvalue weighted by molar-refractivity contribution is -0.125. The molecule has 0 saturated carbocycles. The van der Waals surface area contributed by atoms with Crippen molar-refractivity contribution in [3.05, 3.63) is 102 Å². The Bertz CT molecular complexity index is 1160. The van der Waals surface area contributed by atoms with Crippen molar-refractivity contribution in [3.8, 4) is 5.82 Å². The quantitative estimate of drug-likeness (QED) is 0.421. The number of hydrogen-bond donors (Lipinski definition) is 1. The van der Waals surface area contributed by atoms with Crippen LogP contribution in [0.2, 0.25) is 0 Å². The number of hydrogen-bond acceptors (Lipinski definition) is 5. The molecule has 1 atom stereocenters. The SMILES string of the molecule is O=C(NCCC(c1ccccc1)c1ccccc1)C1CCCN(c2ccc(-n3cccn3)nn2)C1. The standard InChI is InChI=1S/C28H30N6O/c35-28(29-18-16-25(22-9-3-1-4-10-22)23-11-5-2-6-12-23)24-13-7-19-33(21-24)26-14-15-27(32-31-26)34-20-8-17-30-34/h1-6,8-12,14-15,17,20,24-25H,7,13,16,18-19,21H2,(H,29,35). The molecule has 5 rings (SSSR count). The topological polar surface area (TPSA) is 75.9 Å². The maximum Gasteiger partial charge on any atom is 0.224 e. The van der Waals surface area contributed by atoms with Gasteiger partial charge in [-0.2, -0.15) is 5.10 Å². The number of carbonyl (C=O) groups is 1. The van der Waals surface area contributed by atoms with Crippen molar-refractivity contribution in [2.24, 2.45) is 5.92 Å². The molecule has 1 saturated heterocycles. The normalized spacial score (nSPS) is 15.8. The molecule has 1 aliphatic heterocycles. The zero-order valence-electron chi connectivity index (χ0n) is 19.7. The van der Waals surface area contributed by atoms with E-state index in [0.717, 1.165) is 31.6 Å². The second-order valence-electron chi connectivity index (χ2n) is 8.94. The minimum Gasteiger partial charge on any atom is -0.356 e. The lowest BCUT2D eigenvalue weighted by Gasteiger charge is -2.32. The van der Waals surface area contributed by atoms with Crippen molar-refractivity contribution in [2.45, 2.75) is 25.2 Å². The average molecular weight is 467 g/mol. The van der Waals surface area contributed by atoms with E-state index in [1.54, 1.807) is 10.9 Å². The first kappa shape index (κ1) is 22.8. The first-order chi connectivity index (χ1) is 17.3. The molecule has 1 fully saturated rings. The van der Waals surface area contributed by atoms with Crippen LogP contribution in [-0.2, 0) is 4.79 Å². The summed E-state index contributed by atoms with van der Waals surface area (Å²) in [5.74, 6) is 1.80. The zero-order valence-corrected chi connectivity index (χ0v) is 19.7. The van der Waals surface area contributed by atoms with E-state index >= 15 is 0 Å². The first-order valence-electron chi connectivity index (χ1n) is 12.2. The van der Waals surface area contributed by atoms with Crippen LogP contribution in [0.1, 0.15) is 36.3 Å². The highest BCUT2D eigenvalue weighted by molar-refractivity contribution is 5.79. The molecule has 35 heavy (non-hydrogen) atoms. The van der Waals surface area contributed by atoms with E-state index in [0.29, 0.717) is 18.9 Å². The number of rotatable bonds is 8. The van der Waals surface area contributed by atoms with Gasteiger partial charge in [0.25, 0.3) is 0 Å². The first-order valence-corrected chi connectivity index (χ1v) is 12.2. The molecule has 0 radical (unpaired) electrons. The molecule has 3 heterocycles. The number of aromatic nitrogens is 4. The molecule has 1 amide bonds. The number of nitrogens with zero attached hydrogens (tertiary/aromatic N) is 5. The van der Waals surface area contributed by atoms with E-state index in [9.17, 15) is 4.79 Å². The number of carbonyl (C=O) groups excluding carboxylic acids is 1. The molecule has 178 valence electrons. The van der Waals surface area contributed by atoms with Crippen molar-refractivity contribution in [1.82, 2.24) is 25.3 Å². The maximum atomic E-state index is 13.1. The van der Waals surface area contributed by atoms with Crippen LogP contribution in [0.25, 0.3) is 5.82 Å². The Kier molecular flexibility index (Phi) is 7.13. The van der Waals surface area contributed by atoms with Gasteiger partial charge in [0.15, 0.2) is 11.6 Å². The maximum absolute atomic E-state index is 13.1. The van der Waals surface area contributed by atoms with Gasteiger partial charge >= 0.3 is 0 Å². The van der Waals surface area contributed by atoms with Crippen LogP contribution in [0.5, 0.6) is 0 Å². The van der Waals surface area contributed by atoms with Gasteiger partial charge in [-0.1, -0.05) is 60.7 Å². The molecule has 0 aliphatic carbocycles. The van der Waals surface area contributed by atoms with Gasteiger partial charge < -0.3 is 10.2 Å². The minimum absolute atomic E-state index is 0.0526. The largest absolute Gasteiger partial charge is 0.356 e. The van der Waals surface area contributed by atoms with Gasteiger partial charge in [0, 0.05) is 37.9 Å². The number of piperidine rings is 1. The Hall–Kier alpha value is -4.00. The predicted octanol–water partition coefficient (Wildman–Crippen LogP) is 4.22. The number of nitrogens with one attached hydrogen (secondary N) is 1. The predicted molar refractivity (Wildman–Crippen MR) is 136 cm³/mol. The number of benzene rings is 2. The highest BCUT2D eigenvalue weighted by atomic mass is 16.1. The third-order valence-corrected chi connectivity index (χ3v) is 6.63. The summed E-state index contributed by atoms with van der Waals surface area (Å²) in [6.07, 6.45) is 6.26.